The zero-order chi connectivity index (χ0) is 21.0. The van der Waals surface area contributed by atoms with Crippen LogP contribution in [0.1, 0.15) is 18.5 Å². The van der Waals surface area contributed by atoms with E-state index in [-0.39, 0.29) is 23.9 Å². The van der Waals surface area contributed by atoms with Gasteiger partial charge in [-0.2, -0.15) is 5.10 Å². The van der Waals surface area contributed by atoms with Crippen LogP contribution >= 0.6 is 23.6 Å². The third kappa shape index (κ3) is 4.99. The Balaban J connectivity index is 1.58. The minimum absolute atomic E-state index is 0.0727. The predicted octanol–water partition coefficient (Wildman–Crippen LogP) is 2.63. The SMILES string of the molecule is Cc1ccc(S(=O)(=O)NCCNC(=O)C(C)n2c(-c3cccs3)n[nH]c2=S)cc1. The van der Waals surface area contributed by atoms with Gasteiger partial charge < -0.3 is 5.32 Å². The molecule has 3 aromatic rings. The summed E-state index contributed by atoms with van der Waals surface area (Å²) in [6, 6.07) is 9.75. The van der Waals surface area contributed by atoms with Crippen LogP contribution in [0.25, 0.3) is 10.7 Å². The second kappa shape index (κ2) is 8.99. The van der Waals surface area contributed by atoms with E-state index in [9.17, 15) is 13.2 Å². The van der Waals surface area contributed by atoms with Gasteiger partial charge in [-0.25, -0.2) is 13.1 Å². The maximum Gasteiger partial charge on any atom is 0.242 e. The number of aryl methyl sites for hydroxylation is 1. The van der Waals surface area contributed by atoms with Gasteiger partial charge >= 0.3 is 0 Å². The Bertz CT molecular complexity index is 1130. The first-order valence-electron chi connectivity index (χ1n) is 8.84. The zero-order valence-electron chi connectivity index (χ0n) is 15.9. The Labute approximate surface area is 178 Å². The highest BCUT2D eigenvalue weighted by atomic mass is 32.2. The molecular weight excluding hydrogens is 430 g/mol. The molecule has 0 radical (unpaired) electrons. The van der Waals surface area contributed by atoms with Gasteiger partial charge in [-0.3, -0.25) is 14.5 Å². The normalized spacial score (nSPS) is 12.6. The van der Waals surface area contributed by atoms with Gasteiger partial charge in [0, 0.05) is 13.1 Å². The van der Waals surface area contributed by atoms with Crippen molar-refractivity contribution in [2.24, 2.45) is 0 Å². The lowest BCUT2D eigenvalue weighted by Gasteiger charge is -2.15. The summed E-state index contributed by atoms with van der Waals surface area (Å²) in [6.45, 7) is 3.82. The first-order chi connectivity index (χ1) is 13.8. The quantitative estimate of drug-likeness (QED) is 0.360. The second-order valence-corrected chi connectivity index (χ2v) is 9.48. The molecule has 0 aliphatic heterocycles. The minimum Gasteiger partial charge on any atom is -0.353 e. The van der Waals surface area contributed by atoms with Crippen LogP contribution in [0.2, 0.25) is 0 Å². The lowest BCUT2D eigenvalue weighted by molar-refractivity contribution is -0.123. The van der Waals surface area contributed by atoms with E-state index in [1.165, 1.54) is 11.3 Å². The van der Waals surface area contributed by atoms with E-state index in [4.69, 9.17) is 12.2 Å². The fraction of sp³-hybridized carbons (Fsp3) is 0.278. The molecule has 1 unspecified atom stereocenters. The number of carbonyl (C=O) groups is 1. The van der Waals surface area contributed by atoms with Gasteiger partial charge in [-0.15, -0.1) is 11.3 Å². The fourth-order valence-electron chi connectivity index (χ4n) is 2.68. The molecule has 3 rings (SSSR count). The second-order valence-electron chi connectivity index (χ2n) is 6.38. The van der Waals surface area contributed by atoms with Crippen LogP contribution in [0.4, 0.5) is 0 Å². The molecule has 154 valence electrons. The highest BCUT2D eigenvalue weighted by molar-refractivity contribution is 7.89. The molecule has 2 aromatic heterocycles. The Hall–Kier alpha value is -2.34. The molecule has 2 heterocycles. The van der Waals surface area contributed by atoms with Crippen molar-refractivity contribution in [2.45, 2.75) is 24.8 Å². The largest absolute Gasteiger partial charge is 0.353 e. The molecule has 0 saturated heterocycles. The lowest BCUT2D eigenvalue weighted by Crippen LogP contribution is -2.37. The summed E-state index contributed by atoms with van der Waals surface area (Å²) in [4.78, 5) is 13.6. The molecule has 0 fully saturated rings. The smallest absolute Gasteiger partial charge is 0.242 e. The number of nitrogens with zero attached hydrogens (tertiary/aromatic N) is 2. The van der Waals surface area contributed by atoms with E-state index in [1.807, 2.05) is 24.4 Å². The molecule has 0 aliphatic rings. The Morgan fingerprint density at radius 3 is 2.66 bits per heavy atom. The lowest BCUT2D eigenvalue weighted by atomic mass is 10.2. The minimum atomic E-state index is -3.62. The van der Waals surface area contributed by atoms with Gasteiger partial charge in [0.25, 0.3) is 0 Å². The predicted molar refractivity (Wildman–Crippen MR) is 115 cm³/mol. The topological polar surface area (TPSA) is 109 Å². The van der Waals surface area contributed by atoms with Gasteiger partial charge in [0.15, 0.2) is 10.6 Å². The summed E-state index contributed by atoms with van der Waals surface area (Å²) in [6.07, 6.45) is 0. The number of rotatable bonds is 8. The number of amides is 1. The van der Waals surface area contributed by atoms with E-state index in [1.54, 1.807) is 35.8 Å². The zero-order valence-corrected chi connectivity index (χ0v) is 18.3. The van der Waals surface area contributed by atoms with Crippen molar-refractivity contribution in [3.05, 3.63) is 52.1 Å². The van der Waals surface area contributed by atoms with Crippen molar-refractivity contribution in [3.8, 4) is 10.7 Å². The summed E-state index contributed by atoms with van der Waals surface area (Å²) in [7, 11) is -3.62. The van der Waals surface area contributed by atoms with Gasteiger partial charge in [0.05, 0.1) is 9.77 Å². The van der Waals surface area contributed by atoms with E-state index < -0.39 is 16.1 Å². The molecule has 1 amide bonds. The standard InChI is InChI=1S/C18H21N5O3S3/c1-12-5-7-14(8-6-12)29(25,26)20-10-9-19-17(24)13(2)23-16(21-22-18(23)27)15-4-3-11-28-15/h3-8,11,13,20H,9-10H2,1-2H3,(H,19,24)(H,22,27). The summed E-state index contributed by atoms with van der Waals surface area (Å²) in [5, 5.41) is 11.6. The van der Waals surface area contributed by atoms with E-state index in [0.29, 0.717) is 10.6 Å². The van der Waals surface area contributed by atoms with Crippen LogP contribution in [0.15, 0.2) is 46.7 Å². The van der Waals surface area contributed by atoms with Crippen LogP contribution in [0.3, 0.4) is 0 Å². The Kier molecular flexibility index (Phi) is 6.63. The fourth-order valence-corrected chi connectivity index (χ4v) is 4.71. The van der Waals surface area contributed by atoms with Gasteiger partial charge in [0.1, 0.15) is 6.04 Å². The van der Waals surface area contributed by atoms with Crippen molar-refractivity contribution >= 4 is 39.5 Å². The van der Waals surface area contributed by atoms with Crippen LogP contribution in [-0.4, -0.2) is 42.2 Å². The first kappa shape index (κ1) is 21.4. The number of sulfonamides is 1. The average Bonchev–Trinajstić information content (AvgIpc) is 3.34. The highest BCUT2D eigenvalue weighted by Crippen LogP contribution is 2.25. The van der Waals surface area contributed by atoms with E-state index in [2.05, 4.69) is 20.2 Å². The maximum atomic E-state index is 12.6. The molecule has 0 aliphatic carbocycles. The van der Waals surface area contributed by atoms with E-state index >= 15 is 0 Å². The van der Waals surface area contributed by atoms with E-state index in [0.717, 1.165) is 10.4 Å². The molecule has 0 spiro atoms. The molecule has 1 atom stereocenters. The van der Waals surface area contributed by atoms with Crippen molar-refractivity contribution in [2.75, 3.05) is 13.1 Å². The molecule has 0 saturated carbocycles. The third-order valence-electron chi connectivity index (χ3n) is 4.26. The first-order valence-corrected chi connectivity index (χ1v) is 11.6. The van der Waals surface area contributed by atoms with Crippen molar-refractivity contribution in [3.63, 3.8) is 0 Å². The molecule has 3 N–H and O–H groups in total. The number of hydrogen-bond acceptors (Lipinski definition) is 6. The molecule has 29 heavy (non-hydrogen) atoms. The van der Waals surface area contributed by atoms with Crippen molar-refractivity contribution in [1.82, 2.24) is 24.8 Å². The summed E-state index contributed by atoms with van der Waals surface area (Å²) in [5.41, 5.74) is 0.977. The van der Waals surface area contributed by atoms with Gasteiger partial charge in [-0.05, 0) is 49.6 Å². The van der Waals surface area contributed by atoms with Crippen LogP contribution in [-0.2, 0) is 14.8 Å². The van der Waals surface area contributed by atoms with Crippen molar-refractivity contribution < 1.29 is 13.2 Å². The van der Waals surface area contributed by atoms with Crippen LogP contribution in [0, 0.1) is 11.7 Å². The van der Waals surface area contributed by atoms with Crippen LogP contribution < -0.4 is 10.0 Å². The molecule has 0 bridgehead atoms. The number of hydrogen-bond donors (Lipinski definition) is 3. The third-order valence-corrected chi connectivity index (χ3v) is 6.89. The number of carbonyl (C=O) groups excluding carboxylic acids is 1. The molecule has 1 aromatic carbocycles. The monoisotopic (exact) mass is 451 g/mol. The summed E-state index contributed by atoms with van der Waals surface area (Å²) in [5.74, 6) is 0.308. The number of aromatic amines is 1. The summed E-state index contributed by atoms with van der Waals surface area (Å²) < 4.78 is 29.0. The summed E-state index contributed by atoms with van der Waals surface area (Å²) >= 11 is 6.77. The Morgan fingerprint density at radius 1 is 1.28 bits per heavy atom. The number of H-pyrrole nitrogens is 1. The number of benzene rings is 1. The number of thiophene rings is 1. The number of aromatic nitrogens is 3. The van der Waals surface area contributed by atoms with Crippen LogP contribution in [0.5, 0.6) is 0 Å². The van der Waals surface area contributed by atoms with Crippen molar-refractivity contribution in [1.29, 1.82) is 0 Å². The molecular formula is C18H21N5O3S3. The average molecular weight is 452 g/mol. The Morgan fingerprint density at radius 2 is 2.00 bits per heavy atom. The highest BCUT2D eigenvalue weighted by Gasteiger charge is 2.21. The molecule has 11 heteroatoms. The van der Waals surface area contributed by atoms with Gasteiger partial charge in [0.2, 0.25) is 15.9 Å². The molecule has 8 nitrogen and oxygen atoms in total. The number of nitrogens with one attached hydrogen (secondary N) is 3. The van der Waals surface area contributed by atoms with Gasteiger partial charge in [-0.1, -0.05) is 23.8 Å². The maximum absolute atomic E-state index is 12.6.